The quantitative estimate of drug-likeness (QED) is 0.832. The topological polar surface area (TPSA) is 33.7 Å². The average Bonchev–Trinajstić information content (AvgIpc) is 2.53. The molecule has 124 valence electrons. The van der Waals surface area contributed by atoms with Gasteiger partial charge in [0.05, 0.1) is 13.2 Å². The summed E-state index contributed by atoms with van der Waals surface area (Å²) in [7, 11) is 5.73. The van der Waals surface area contributed by atoms with Gasteiger partial charge in [0.15, 0.2) is 11.5 Å². The van der Waals surface area contributed by atoms with Gasteiger partial charge in [-0.2, -0.15) is 0 Å². The maximum absolute atomic E-state index is 5.81. The van der Waals surface area contributed by atoms with Crippen LogP contribution in [0.15, 0.2) is 42.5 Å². The van der Waals surface area contributed by atoms with E-state index in [9.17, 15) is 0 Å². The fourth-order valence-electron chi connectivity index (χ4n) is 2.26. The Morgan fingerprint density at radius 2 is 1.70 bits per heavy atom. The summed E-state index contributed by atoms with van der Waals surface area (Å²) in [5, 5.41) is 3.43. The second-order valence-corrected chi connectivity index (χ2v) is 5.95. The molecule has 0 bridgehead atoms. The normalized spacial score (nSPS) is 10.5. The zero-order valence-corrected chi connectivity index (χ0v) is 14.6. The van der Waals surface area contributed by atoms with E-state index in [0.29, 0.717) is 0 Å². The molecule has 0 aliphatic rings. The number of benzene rings is 2. The minimum absolute atomic E-state index is 0.116. The van der Waals surface area contributed by atoms with E-state index in [1.807, 2.05) is 46.1 Å². The Morgan fingerprint density at radius 3 is 2.26 bits per heavy atom. The lowest BCUT2D eigenvalue weighted by Crippen LogP contribution is -2.09. The van der Waals surface area contributed by atoms with Crippen molar-refractivity contribution in [2.75, 3.05) is 31.4 Å². The van der Waals surface area contributed by atoms with Crippen molar-refractivity contribution in [3.63, 3.8) is 0 Å². The number of hydrogen-bond donors (Lipinski definition) is 1. The Bertz CT molecular complexity index is 622. The molecule has 0 amide bonds. The molecule has 0 saturated carbocycles. The van der Waals surface area contributed by atoms with Gasteiger partial charge in [0.2, 0.25) is 0 Å². The van der Waals surface area contributed by atoms with Crippen LogP contribution in [-0.4, -0.2) is 27.3 Å². The van der Waals surface area contributed by atoms with Crippen molar-refractivity contribution < 1.29 is 9.47 Å². The minimum Gasteiger partial charge on any atom is -0.493 e. The van der Waals surface area contributed by atoms with Crippen molar-refractivity contribution in [3.05, 3.63) is 48.0 Å². The summed E-state index contributed by atoms with van der Waals surface area (Å²) in [6.07, 6.45) is 0.116. The Hall–Kier alpha value is -2.36. The van der Waals surface area contributed by atoms with E-state index in [-0.39, 0.29) is 6.10 Å². The number of nitrogens with one attached hydrogen (secondary N) is 1. The van der Waals surface area contributed by atoms with Crippen molar-refractivity contribution in [3.8, 4) is 11.5 Å². The van der Waals surface area contributed by atoms with Crippen molar-refractivity contribution in [2.24, 2.45) is 0 Å². The molecule has 23 heavy (non-hydrogen) atoms. The van der Waals surface area contributed by atoms with Crippen LogP contribution in [0.4, 0.5) is 11.4 Å². The monoisotopic (exact) mass is 314 g/mol. The summed E-state index contributed by atoms with van der Waals surface area (Å²) >= 11 is 0. The zero-order chi connectivity index (χ0) is 16.8. The molecule has 2 aromatic carbocycles. The molecule has 0 radical (unpaired) electrons. The largest absolute Gasteiger partial charge is 0.493 e. The van der Waals surface area contributed by atoms with Crippen LogP contribution in [0.3, 0.4) is 0 Å². The van der Waals surface area contributed by atoms with E-state index in [1.54, 1.807) is 7.11 Å². The molecule has 0 aliphatic heterocycles. The van der Waals surface area contributed by atoms with E-state index in [2.05, 4.69) is 34.5 Å². The molecule has 2 rings (SSSR count). The first-order chi connectivity index (χ1) is 11.0. The smallest absolute Gasteiger partial charge is 0.161 e. The summed E-state index contributed by atoms with van der Waals surface area (Å²) in [5.74, 6) is 1.54. The molecule has 4 nitrogen and oxygen atoms in total. The van der Waals surface area contributed by atoms with Gasteiger partial charge in [-0.1, -0.05) is 6.07 Å². The predicted octanol–water partition coefficient (Wildman–Crippen LogP) is 4.16. The van der Waals surface area contributed by atoms with Gasteiger partial charge in [0.1, 0.15) is 0 Å². The van der Waals surface area contributed by atoms with Gasteiger partial charge in [0, 0.05) is 32.0 Å². The highest BCUT2D eigenvalue weighted by atomic mass is 16.5. The third-order valence-corrected chi connectivity index (χ3v) is 3.47. The van der Waals surface area contributed by atoms with E-state index in [4.69, 9.17) is 9.47 Å². The van der Waals surface area contributed by atoms with Gasteiger partial charge in [0.25, 0.3) is 0 Å². The molecule has 4 heteroatoms. The number of nitrogens with zero attached hydrogens (tertiary/aromatic N) is 1. The van der Waals surface area contributed by atoms with Crippen LogP contribution in [0, 0.1) is 0 Å². The van der Waals surface area contributed by atoms with Crippen LogP contribution in [0.25, 0.3) is 0 Å². The molecule has 1 N–H and O–H groups in total. The van der Waals surface area contributed by atoms with E-state index in [0.717, 1.165) is 29.3 Å². The second-order valence-electron chi connectivity index (χ2n) is 5.95. The number of ether oxygens (including phenoxy) is 2. The predicted molar refractivity (Wildman–Crippen MR) is 96.9 cm³/mol. The maximum atomic E-state index is 5.81. The van der Waals surface area contributed by atoms with Gasteiger partial charge in [-0.05, 0) is 55.8 Å². The van der Waals surface area contributed by atoms with Crippen LogP contribution in [0.5, 0.6) is 11.5 Å². The first-order valence-electron chi connectivity index (χ1n) is 7.84. The van der Waals surface area contributed by atoms with E-state index < -0.39 is 0 Å². The van der Waals surface area contributed by atoms with Crippen LogP contribution in [-0.2, 0) is 6.54 Å². The van der Waals surface area contributed by atoms with Crippen LogP contribution in [0.2, 0.25) is 0 Å². The Labute approximate surface area is 139 Å². The Kier molecular flexibility index (Phi) is 5.74. The molecular formula is C19H26N2O2. The lowest BCUT2D eigenvalue weighted by atomic mass is 10.2. The molecule has 0 spiro atoms. The van der Waals surface area contributed by atoms with Crippen molar-refractivity contribution >= 4 is 11.4 Å². The van der Waals surface area contributed by atoms with E-state index in [1.165, 1.54) is 5.69 Å². The van der Waals surface area contributed by atoms with Gasteiger partial charge in [-0.25, -0.2) is 0 Å². The summed E-state index contributed by atoms with van der Waals surface area (Å²) < 4.78 is 11.2. The molecule has 0 atom stereocenters. The number of methoxy groups -OCH3 is 1. The summed E-state index contributed by atoms with van der Waals surface area (Å²) in [6.45, 7) is 4.76. The summed E-state index contributed by atoms with van der Waals surface area (Å²) in [4.78, 5) is 2.09. The first-order valence-corrected chi connectivity index (χ1v) is 7.84. The van der Waals surface area contributed by atoms with Gasteiger partial charge < -0.3 is 19.7 Å². The van der Waals surface area contributed by atoms with Crippen LogP contribution >= 0.6 is 0 Å². The second kappa shape index (κ2) is 7.77. The van der Waals surface area contributed by atoms with Gasteiger partial charge in [-0.3, -0.25) is 0 Å². The van der Waals surface area contributed by atoms with E-state index >= 15 is 0 Å². The molecule has 0 fully saturated rings. The summed E-state index contributed by atoms with van der Waals surface area (Å²) in [5.41, 5.74) is 3.43. The fourth-order valence-corrected chi connectivity index (χ4v) is 2.26. The highest BCUT2D eigenvalue weighted by Gasteiger charge is 2.07. The highest BCUT2D eigenvalue weighted by molar-refractivity contribution is 5.54. The molecular weight excluding hydrogens is 288 g/mol. The molecule has 0 aliphatic carbocycles. The SMILES string of the molecule is COc1ccc(CNc2ccc(N(C)C)cc2)cc1OC(C)C. The Balaban J connectivity index is 2.05. The van der Waals surface area contributed by atoms with Crippen LogP contribution < -0.4 is 19.7 Å². The first kappa shape index (κ1) is 17.0. The van der Waals surface area contributed by atoms with Crippen LogP contribution in [0.1, 0.15) is 19.4 Å². The molecule has 0 aromatic heterocycles. The number of hydrogen-bond acceptors (Lipinski definition) is 4. The maximum Gasteiger partial charge on any atom is 0.161 e. The molecule has 2 aromatic rings. The van der Waals surface area contributed by atoms with Crippen molar-refractivity contribution in [1.29, 1.82) is 0 Å². The van der Waals surface area contributed by atoms with Gasteiger partial charge >= 0.3 is 0 Å². The Morgan fingerprint density at radius 1 is 1.00 bits per heavy atom. The number of rotatable bonds is 7. The fraction of sp³-hybridized carbons (Fsp3) is 0.368. The standard InChI is InChI=1S/C19H26N2O2/c1-14(2)23-19-12-15(6-11-18(19)22-5)13-20-16-7-9-17(10-8-16)21(3)4/h6-12,14,20H,13H2,1-5H3. The molecule has 0 unspecified atom stereocenters. The minimum atomic E-state index is 0.116. The van der Waals surface area contributed by atoms with Crippen molar-refractivity contribution in [2.45, 2.75) is 26.5 Å². The third kappa shape index (κ3) is 4.81. The average molecular weight is 314 g/mol. The van der Waals surface area contributed by atoms with Gasteiger partial charge in [-0.15, -0.1) is 0 Å². The highest BCUT2D eigenvalue weighted by Crippen LogP contribution is 2.29. The van der Waals surface area contributed by atoms with Crippen molar-refractivity contribution in [1.82, 2.24) is 0 Å². The zero-order valence-electron chi connectivity index (χ0n) is 14.6. The molecule has 0 heterocycles. The lowest BCUT2D eigenvalue weighted by molar-refractivity contribution is 0.230. The lowest BCUT2D eigenvalue weighted by Gasteiger charge is -2.16. The summed E-state index contributed by atoms with van der Waals surface area (Å²) in [6, 6.07) is 14.4. The number of anilines is 2. The third-order valence-electron chi connectivity index (χ3n) is 3.47. The molecule has 0 saturated heterocycles.